The molecule has 2 aromatic rings. The van der Waals surface area contributed by atoms with Gasteiger partial charge in [-0.15, -0.1) is 11.8 Å². The molecule has 1 N–H and O–H groups in total. The van der Waals surface area contributed by atoms with Gasteiger partial charge in [-0.3, -0.25) is 14.9 Å². The number of nitrogens with one attached hydrogen (secondary N) is 1. The van der Waals surface area contributed by atoms with E-state index in [2.05, 4.69) is 5.32 Å². The topological polar surface area (TPSA) is 119 Å². The Morgan fingerprint density at radius 3 is 2.34 bits per heavy atom. The van der Waals surface area contributed by atoms with Gasteiger partial charge in [0, 0.05) is 31.1 Å². The molecule has 0 aromatic heterocycles. The summed E-state index contributed by atoms with van der Waals surface area (Å²) in [5.74, 6) is -0.0466. The number of anilines is 1. The van der Waals surface area contributed by atoms with Crippen LogP contribution < -0.4 is 10.1 Å². The summed E-state index contributed by atoms with van der Waals surface area (Å²) < 4.78 is 31.0. The molecule has 0 aliphatic heterocycles. The van der Waals surface area contributed by atoms with Crippen LogP contribution in [-0.2, 0) is 14.8 Å². The summed E-state index contributed by atoms with van der Waals surface area (Å²) in [5, 5.41) is 12.9. The zero-order valence-corrected chi connectivity index (χ0v) is 17.9. The van der Waals surface area contributed by atoms with Crippen LogP contribution in [-0.4, -0.2) is 50.0 Å². The predicted molar refractivity (Wildman–Crippen MR) is 111 cm³/mol. The Labute approximate surface area is 173 Å². The van der Waals surface area contributed by atoms with Crippen molar-refractivity contribution in [2.45, 2.75) is 22.0 Å². The number of hydrogen-bond acceptors (Lipinski definition) is 7. The zero-order chi connectivity index (χ0) is 21.8. The van der Waals surface area contributed by atoms with Crippen LogP contribution in [0, 0.1) is 10.1 Å². The minimum absolute atomic E-state index is 0.0225. The maximum atomic E-state index is 12.6. The van der Waals surface area contributed by atoms with Gasteiger partial charge in [-0.1, -0.05) is 0 Å². The number of nitrogens with zero attached hydrogens (tertiary/aromatic N) is 2. The summed E-state index contributed by atoms with van der Waals surface area (Å²) in [6.07, 6.45) is 0. The van der Waals surface area contributed by atoms with Gasteiger partial charge in [0.2, 0.25) is 15.9 Å². The van der Waals surface area contributed by atoms with Gasteiger partial charge in [0.25, 0.3) is 5.69 Å². The van der Waals surface area contributed by atoms with Crippen molar-refractivity contribution in [2.24, 2.45) is 0 Å². The fourth-order valence-electron chi connectivity index (χ4n) is 2.29. The van der Waals surface area contributed by atoms with E-state index in [0.717, 1.165) is 4.31 Å². The van der Waals surface area contributed by atoms with Crippen LogP contribution in [0.2, 0.25) is 0 Å². The molecule has 2 aromatic carbocycles. The Morgan fingerprint density at radius 1 is 1.21 bits per heavy atom. The third-order valence-corrected chi connectivity index (χ3v) is 6.86. The molecule has 0 fully saturated rings. The van der Waals surface area contributed by atoms with Crippen molar-refractivity contribution in [3.05, 3.63) is 52.6 Å². The molecular weight excluding hydrogens is 418 g/mol. The molecule has 0 saturated carbocycles. The number of non-ortho nitro benzene ring substituents is 1. The number of methoxy groups -OCH3 is 1. The number of amides is 1. The first-order valence-electron chi connectivity index (χ1n) is 8.38. The van der Waals surface area contributed by atoms with Gasteiger partial charge in [0.15, 0.2) is 0 Å². The van der Waals surface area contributed by atoms with E-state index in [4.69, 9.17) is 4.74 Å². The van der Waals surface area contributed by atoms with Gasteiger partial charge >= 0.3 is 0 Å². The average Bonchev–Trinajstić information content (AvgIpc) is 2.68. The highest BCUT2D eigenvalue weighted by Crippen LogP contribution is 2.30. The Hall–Kier alpha value is -2.63. The van der Waals surface area contributed by atoms with Crippen LogP contribution in [0.4, 0.5) is 11.4 Å². The highest BCUT2D eigenvalue weighted by atomic mass is 32.2. The second-order valence-electron chi connectivity index (χ2n) is 6.15. The van der Waals surface area contributed by atoms with Gasteiger partial charge in [0.05, 0.1) is 27.9 Å². The number of nitro groups is 1. The lowest BCUT2D eigenvalue weighted by Gasteiger charge is -2.17. The van der Waals surface area contributed by atoms with Gasteiger partial charge in [-0.05, 0) is 37.3 Å². The van der Waals surface area contributed by atoms with Crippen LogP contribution in [0.3, 0.4) is 0 Å². The minimum atomic E-state index is -3.67. The summed E-state index contributed by atoms with van der Waals surface area (Å²) in [5.41, 5.74) is 0.201. The molecule has 0 radical (unpaired) electrons. The molecule has 156 valence electrons. The van der Waals surface area contributed by atoms with Gasteiger partial charge < -0.3 is 10.1 Å². The van der Waals surface area contributed by atoms with E-state index in [1.165, 1.54) is 63.3 Å². The Morgan fingerprint density at radius 2 is 1.83 bits per heavy atom. The van der Waals surface area contributed by atoms with Crippen LogP contribution in [0.25, 0.3) is 0 Å². The molecule has 0 spiro atoms. The normalized spacial score (nSPS) is 12.4. The van der Waals surface area contributed by atoms with Gasteiger partial charge in [-0.2, -0.15) is 0 Å². The lowest BCUT2D eigenvalue weighted by Crippen LogP contribution is -2.24. The van der Waals surface area contributed by atoms with Crippen molar-refractivity contribution in [2.75, 3.05) is 26.5 Å². The molecule has 1 amide bonds. The van der Waals surface area contributed by atoms with Gasteiger partial charge in [-0.25, -0.2) is 12.7 Å². The van der Waals surface area contributed by atoms with Crippen molar-refractivity contribution in [1.29, 1.82) is 0 Å². The average molecular weight is 440 g/mol. The molecule has 29 heavy (non-hydrogen) atoms. The van der Waals surface area contributed by atoms with Crippen molar-refractivity contribution >= 4 is 39.1 Å². The number of rotatable bonds is 8. The van der Waals surface area contributed by atoms with Crippen molar-refractivity contribution in [3.63, 3.8) is 0 Å². The second kappa shape index (κ2) is 9.25. The molecule has 0 aliphatic rings. The summed E-state index contributed by atoms with van der Waals surface area (Å²) in [7, 11) is 0.578. The molecule has 11 heteroatoms. The molecule has 0 bridgehead atoms. The maximum Gasteiger partial charge on any atom is 0.269 e. The highest BCUT2D eigenvalue weighted by Gasteiger charge is 2.21. The lowest BCUT2D eigenvalue weighted by molar-refractivity contribution is -0.384. The SMILES string of the molecule is COc1ccc(S(=O)(=O)N(C)C)cc1NC(=O)[C@@H](C)Sc1ccc([N+](=O)[O-])cc1. The van der Waals surface area contributed by atoms with E-state index in [9.17, 15) is 23.3 Å². The smallest absolute Gasteiger partial charge is 0.269 e. The highest BCUT2D eigenvalue weighted by molar-refractivity contribution is 8.00. The molecule has 0 unspecified atom stereocenters. The fraction of sp³-hybridized carbons (Fsp3) is 0.278. The number of nitro benzene ring substituents is 1. The van der Waals surface area contributed by atoms with Crippen LogP contribution in [0.5, 0.6) is 5.75 Å². The predicted octanol–water partition coefficient (Wildman–Crippen LogP) is 2.97. The van der Waals surface area contributed by atoms with Gasteiger partial charge in [0.1, 0.15) is 5.75 Å². The molecular formula is C18H21N3O6S2. The standard InChI is InChI=1S/C18H21N3O6S2/c1-12(28-14-7-5-13(6-8-14)21(23)24)18(22)19-16-11-15(9-10-17(16)27-4)29(25,26)20(2)3/h5-12H,1-4H3,(H,19,22)/t12-/m1/s1. The Bertz CT molecular complexity index is 1010. The molecule has 0 heterocycles. The van der Waals surface area contributed by atoms with E-state index < -0.39 is 20.2 Å². The van der Waals surface area contributed by atoms with Crippen molar-refractivity contribution in [3.8, 4) is 5.75 Å². The summed E-state index contributed by atoms with van der Waals surface area (Å²) in [6.45, 7) is 1.67. The van der Waals surface area contributed by atoms with Crippen molar-refractivity contribution in [1.82, 2.24) is 4.31 Å². The third-order valence-electron chi connectivity index (χ3n) is 3.94. The van der Waals surface area contributed by atoms with E-state index >= 15 is 0 Å². The second-order valence-corrected chi connectivity index (χ2v) is 9.72. The van der Waals surface area contributed by atoms with Crippen LogP contribution >= 0.6 is 11.8 Å². The largest absolute Gasteiger partial charge is 0.495 e. The fourth-order valence-corrected chi connectivity index (χ4v) is 4.09. The number of hydrogen-bond donors (Lipinski definition) is 1. The lowest BCUT2D eigenvalue weighted by atomic mass is 10.3. The Kier molecular flexibility index (Phi) is 7.22. The maximum absolute atomic E-state index is 12.6. The minimum Gasteiger partial charge on any atom is -0.495 e. The number of ether oxygens (including phenoxy) is 1. The molecule has 0 saturated heterocycles. The van der Waals surface area contributed by atoms with Crippen LogP contribution in [0.15, 0.2) is 52.3 Å². The number of carbonyl (C=O) groups is 1. The van der Waals surface area contributed by atoms with E-state index in [-0.39, 0.29) is 22.2 Å². The van der Waals surface area contributed by atoms with E-state index in [0.29, 0.717) is 10.6 Å². The molecule has 1 atom stereocenters. The number of sulfonamides is 1. The first-order valence-corrected chi connectivity index (χ1v) is 10.7. The van der Waals surface area contributed by atoms with E-state index in [1.807, 2.05) is 0 Å². The summed E-state index contributed by atoms with van der Waals surface area (Å²) in [6, 6.07) is 10.1. The number of carbonyl (C=O) groups excluding carboxylic acids is 1. The quantitative estimate of drug-likeness (QED) is 0.381. The van der Waals surface area contributed by atoms with Crippen LogP contribution in [0.1, 0.15) is 6.92 Å². The Balaban J connectivity index is 2.19. The zero-order valence-electron chi connectivity index (χ0n) is 16.3. The molecule has 2 rings (SSSR count). The number of thioether (sulfide) groups is 1. The third kappa shape index (κ3) is 5.46. The monoisotopic (exact) mass is 439 g/mol. The summed E-state index contributed by atoms with van der Waals surface area (Å²) >= 11 is 1.22. The van der Waals surface area contributed by atoms with Crippen molar-refractivity contribution < 1.29 is 22.9 Å². The molecule has 9 nitrogen and oxygen atoms in total. The number of benzene rings is 2. The molecule has 0 aliphatic carbocycles. The first-order chi connectivity index (χ1) is 13.6. The summed E-state index contributed by atoms with van der Waals surface area (Å²) in [4.78, 5) is 23.5. The first kappa shape index (κ1) is 22.7. The van der Waals surface area contributed by atoms with E-state index in [1.54, 1.807) is 19.1 Å².